The highest BCUT2D eigenvalue weighted by Crippen LogP contribution is 2.19. The second-order valence-electron chi connectivity index (χ2n) is 17.9. The number of rotatable bonds is 11. The minimum absolute atomic E-state index is 0.00514. The maximum atomic E-state index is 13.4. The molecule has 1 fully saturated rings. The van der Waals surface area contributed by atoms with Gasteiger partial charge in [-0.1, -0.05) is 12.1 Å². The fourth-order valence-electron chi connectivity index (χ4n) is 5.84. The molecule has 0 aliphatic carbocycles. The number of nitro benzene ring substituents is 1. The van der Waals surface area contributed by atoms with Crippen LogP contribution in [0, 0.1) is 10.1 Å². The van der Waals surface area contributed by atoms with Gasteiger partial charge >= 0.3 is 23.9 Å². The number of carbonyl (C=O) groups excluding carboxylic acids is 4. The van der Waals surface area contributed by atoms with Crippen molar-refractivity contribution in [3.63, 3.8) is 0 Å². The molecule has 1 aliphatic heterocycles. The summed E-state index contributed by atoms with van der Waals surface area (Å²) in [5, 5.41) is 11.4. The van der Waals surface area contributed by atoms with Crippen molar-refractivity contribution in [1.82, 2.24) is 19.6 Å². The van der Waals surface area contributed by atoms with Crippen LogP contribution in [-0.2, 0) is 44.5 Å². The van der Waals surface area contributed by atoms with E-state index in [4.69, 9.17) is 18.9 Å². The van der Waals surface area contributed by atoms with E-state index in [1.54, 1.807) is 95.2 Å². The summed E-state index contributed by atoms with van der Waals surface area (Å²) in [7, 11) is 0. The zero-order valence-electron chi connectivity index (χ0n) is 34.7. The third kappa shape index (κ3) is 20.1. The van der Waals surface area contributed by atoms with Gasteiger partial charge in [-0.15, -0.1) is 0 Å². The van der Waals surface area contributed by atoms with Crippen molar-refractivity contribution in [3.8, 4) is 0 Å². The highest BCUT2D eigenvalue weighted by atomic mass is 16.6. The minimum atomic E-state index is -0.736. The molecule has 1 aromatic carbocycles. The molecule has 0 bridgehead atoms. The first-order chi connectivity index (χ1) is 24.7. The standard InChI is InChI=1S/C39H65N5O10/c1-36(2,3)51-32(45)25-40-17-18-41(26-33(46)52-37(4,5)6)21-22-43(28-35(48)54-39(10,11)12)31(23-29-13-15-30(16-14-29)44(49)50)24-42(20-19-40)27-34(47)53-38(7,8)9/h13-16,31H,17-28H2,1-12H3. The number of hydrogen-bond donors (Lipinski definition) is 0. The van der Waals surface area contributed by atoms with Crippen molar-refractivity contribution in [2.45, 2.75) is 118 Å². The highest BCUT2D eigenvalue weighted by molar-refractivity contribution is 5.73. The number of ether oxygens (including phenoxy) is 4. The van der Waals surface area contributed by atoms with Gasteiger partial charge in [0.15, 0.2) is 0 Å². The molecule has 0 spiro atoms. The molecule has 1 saturated heterocycles. The number of benzene rings is 1. The molecular formula is C39H65N5O10. The molecular weight excluding hydrogens is 698 g/mol. The van der Waals surface area contributed by atoms with E-state index in [2.05, 4.69) is 0 Å². The van der Waals surface area contributed by atoms with E-state index >= 15 is 0 Å². The first kappa shape index (κ1) is 46.5. The second-order valence-corrected chi connectivity index (χ2v) is 17.9. The van der Waals surface area contributed by atoms with Crippen LogP contribution in [0.2, 0.25) is 0 Å². The smallest absolute Gasteiger partial charge is 0.320 e. The van der Waals surface area contributed by atoms with E-state index < -0.39 is 57.2 Å². The average molecular weight is 764 g/mol. The quantitative estimate of drug-likeness (QED) is 0.137. The molecule has 0 amide bonds. The molecule has 1 aromatic rings. The van der Waals surface area contributed by atoms with Gasteiger partial charge < -0.3 is 18.9 Å². The van der Waals surface area contributed by atoms with Crippen LogP contribution in [0.5, 0.6) is 0 Å². The zero-order chi connectivity index (χ0) is 41.1. The number of nitro groups is 1. The Morgan fingerprint density at radius 2 is 0.907 bits per heavy atom. The second kappa shape index (κ2) is 19.8. The van der Waals surface area contributed by atoms with Gasteiger partial charge in [0.05, 0.1) is 31.1 Å². The molecule has 1 heterocycles. The molecule has 0 saturated carbocycles. The van der Waals surface area contributed by atoms with E-state index in [0.29, 0.717) is 52.2 Å². The van der Waals surface area contributed by atoms with Crippen molar-refractivity contribution in [3.05, 3.63) is 39.9 Å². The van der Waals surface area contributed by atoms with E-state index in [-0.39, 0.29) is 31.9 Å². The lowest BCUT2D eigenvalue weighted by atomic mass is 10.0. The summed E-state index contributed by atoms with van der Waals surface area (Å²) in [4.78, 5) is 71.7. The third-order valence-electron chi connectivity index (χ3n) is 7.84. The summed E-state index contributed by atoms with van der Waals surface area (Å²) in [6.07, 6.45) is 0.374. The summed E-state index contributed by atoms with van der Waals surface area (Å²) in [5.41, 5.74) is -2.08. The number of nitrogens with zero attached hydrogens (tertiary/aromatic N) is 5. The number of esters is 4. The first-order valence-electron chi connectivity index (χ1n) is 18.7. The maximum Gasteiger partial charge on any atom is 0.320 e. The van der Waals surface area contributed by atoms with Crippen LogP contribution in [0.15, 0.2) is 24.3 Å². The molecule has 1 atom stereocenters. The Kier molecular flexibility index (Phi) is 17.0. The van der Waals surface area contributed by atoms with Gasteiger partial charge in [-0.05, 0) is 95.1 Å². The molecule has 2 rings (SSSR count). The first-order valence-corrected chi connectivity index (χ1v) is 18.7. The summed E-state index contributed by atoms with van der Waals surface area (Å²) >= 11 is 0. The van der Waals surface area contributed by atoms with E-state index in [9.17, 15) is 29.3 Å². The molecule has 0 radical (unpaired) electrons. The molecule has 0 N–H and O–H groups in total. The van der Waals surface area contributed by atoms with Crippen molar-refractivity contribution < 1.29 is 43.0 Å². The Bertz CT molecular complexity index is 1410. The van der Waals surface area contributed by atoms with Gasteiger partial charge in [-0.3, -0.25) is 48.9 Å². The predicted octanol–water partition coefficient (Wildman–Crippen LogP) is 4.09. The Balaban J connectivity index is 2.63. The van der Waals surface area contributed by atoms with Gasteiger partial charge in [0.1, 0.15) is 22.4 Å². The fraction of sp³-hybridized carbons (Fsp3) is 0.744. The molecule has 306 valence electrons. The largest absolute Gasteiger partial charge is 0.459 e. The predicted molar refractivity (Wildman–Crippen MR) is 205 cm³/mol. The van der Waals surface area contributed by atoms with Crippen molar-refractivity contribution >= 4 is 29.6 Å². The lowest BCUT2D eigenvalue weighted by molar-refractivity contribution is -0.384. The topological polar surface area (TPSA) is 161 Å². The van der Waals surface area contributed by atoms with Crippen LogP contribution in [0.1, 0.15) is 88.6 Å². The van der Waals surface area contributed by atoms with Gasteiger partial charge in [0, 0.05) is 64.0 Å². The van der Waals surface area contributed by atoms with Crippen LogP contribution >= 0.6 is 0 Å². The lowest BCUT2D eigenvalue weighted by Gasteiger charge is -2.38. The molecule has 54 heavy (non-hydrogen) atoms. The van der Waals surface area contributed by atoms with Crippen molar-refractivity contribution in [1.29, 1.82) is 0 Å². The maximum absolute atomic E-state index is 13.4. The highest BCUT2D eigenvalue weighted by Gasteiger charge is 2.31. The monoisotopic (exact) mass is 763 g/mol. The fourth-order valence-corrected chi connectivity index (χ4v) is 5.84. The van der Waals surface area contributed by atoms with Gasteiger partial charge in [-0.25, -0.2) is 0 Å². The van der Waals surface area contributed by atoms with Crippen LogP contribution < -0.4 is 0 Å². The van der Waals surface area contributed by atoms with E-state index in [1.807, 2.05) is 19.6 Å². The summed E-state index contributed by atoms with van der Waals surface area (Å²) in [6.45, 7) is 23.9. The molecule has 0 aromatic heterocycles. The van der Waals surface area contributed by atoms with E-state index in [0.717, 1.165) is 5.56 Å². The van der Waals surface area contributed by atoms with Crippen LogP contribution in [0.3, 0.4) is 0 Å². The molecule has 15 nitrogen and oxygen atoms in total. The van der Waals surface area contributed by atoms with Crippen LogP contribution in [0.4, 0.5) is 5.69 Å². The number of carbonyl (C=O) groups is 4. The lowest BCUT2D eigenvalue weighted by Crippen LogP contribution is -2.54. The number of non-ortho nitro benzene ring substituents is 1. The Labute approximate surface area is 321 Å². The summed E-state index contributed by atoms with van der Waals surface area (Å²) in [5.74, 6) is -1.67. The molecule has 15 heteroatoms. The van der Waals surface area contributed by atoms with Gasteiger partial charge in [0.2, 0.25) is 0 Å². The Morgan fingerprint density at radius 1 is 0.574 bits per heavy atom. The van der Waals surface area contributed by atoms with Crippen molar-refractivity contribution in [2.24, 2.45) is 0 Å². The van der Waals surface area contributed by atoms with E-state index in [1.165, 1.54) is 12.1 Å². The van der Waals surface area contributed by atoms with Gasteiger partial charge in [0.25, 0.3) is 5.69 Å². The molecule has 1 aliphatic rings. The third-order valence-corrected chi connectivity index (χ3v) is 7.84. The Morgan fingerprint density at radius 3 is 1.28 bits per heavy atom. The van der Waals surface area contributed by atoms with Crippen LogP contribution in [0.25, 0.3) is 0 Å². The summed E-state index contributed by atoms with van der Waals surface area (Å²) < 4.78 is 22.8. The SMILES string of the molecule is CC(C)(C)OC(=O)CN1CCN(CC(=O)OC(C)(C)C)CCN(CC(=O)OC(C)(C)C)C(Cc2ccc([N+](=O)[O-])cc2)CN(CC(=O)OC(C)(C)C)CC1. The Hall–Kier alpha value is -3.66. The average Bonchev–Trinajstić information content (AvgIpc) is 2.95. The zero-order valence-corrected chi connectivity index (χ0v) is 34.7. The number of hydrogen-bond acceptors (Lipinski definition) is 14. The van der Waals surface area contributed by atoms with Crippen molar-refractivity contribution in [2.75, 3.05) is 72.0 Å². The van der Waals surface area contributed by atoms with Gasteiger partial charge in [-0.2, -0.15) is 0 Å². The molecule has 1 unspecified atom stereocenters. The summed E-state index contributed by atoms with van der Waals surface area (Å²) in [6, 6.07) is 5.87. The minimum Gasteiger partial charge on any atom is -0.459 e. The normalized spacial score (nSPS) is 18.2. The van der Waals surface area contributed by atoms with Crippen LogP contribution in [-0.4, -0.2) is 149 Å².